The van der Waals surface area contributed by atoms with Crippen molar-refractivity contribution in [3.8, 4) is 5.75 Å². The van der Waals surface area contributed by atoms with Gasteiger partial charge in [-0.1, -0.05) is 29.8 Å². The maximum atomic E-state index is 13.9. The van der Waals surface area contributed by atoms with Gasteiger partial charge in [0.05, 0.1) is 12.7 Å². The molecule has 0 unspecified atom stereocenters. The van der Waals surface area contributed by atoms with E-state index in [0.717, 1.165) is 23.8 Å². The zero-order chi connectivity index (χ0) is 17.1. The van der Waals surface area contributed by atoms with Gasteiger partial charge in [-0.05, 0) is 47.9 Å². The molecule has 0 aliphatic carbocycles. The summed E-state index contributed by atoms with van der Waals surface area (Å²) in [5, 5.41) is 0.282. The minimum absolute atomic E-state index is 0.0562. The molecule has 0 bridgehead atoms. The minimum atomic E-state index is -0.586. The zero-order valence-electron chi connectivity index (χ0n) is 13.3. The molecule has 3 rings (SSSR count). The zero-order valence-corrected chi connectivity index (χ0v) is 14.0. The fraction of sp³-hybridized carbons (Fsp3) is 0.211. The van der Waals surface area contributed by atoms with Crippen LogP contribution in [0.2, 0.25) is 5.02 Å². The second-order valence-electron chi connectivity index (χ2n) is 5.58. The molecule has 24 heavy (non-hydrogen) atoms. The highest BCUT2D eigenvalue weighted by Crippen LogP contribution is 2.25. The number of benzene rings is 2. The Balaban J connectivity index is 1.73. The number of rotatable bonds is 3. The van der Waals surface area contributed by atoms with Gasteiger partial charge >= 0.3 is 0 Å². The normalized spacial score (nSPS) is 14.3. The minimum Gasteiger partial charge on any atom is -0.497 e. The van der Waals surface area contributed by atoms with Gasteiger partial charge in [-0.2, -0.15) is 0 Å². The lowest BCUT2D eigenvalue weighted by molar-refractivity contribution is 0.0768. The first-order valence-electron chi connectivity index (χ1n) is 7.66. The number of ether oxygens (including phenoxy) is 1. The van der Waals surface area contributed by atoms with Crippen LogP contribution in [-0.4, -0.2) is 31.0 Å². The predicted octanol–water partition coefficient (Wildman–Crippen LogP) is 4.42. The number of carbonyl (C=O) groups is 1. The summed E-state index contributed by atoms with van der Waals surface area (Å²) in [6, 6.07) is 12.0. The van der Waals surface area contributed by atoms with E-state index in [4.69, 9.17) is 16.3 Å². The van der Waals surface area contributed by atoms with Gasteiger partial charge in [-0.15, -0.1) is 0 Å². The van der Waals surface area contributed by atoms with Crippen LogP contribution >= 0.6 is 11.6 Å². The monoisotopic (exact) mass is 345 g/mol. The smallest absolute Gasteiger partial charge is 0.257 e. The van der Waals surface area contributed by atoms with Gasteiger partial charge < -0.3 is 9.64 Å². The molecule has 0 radical (unpaired) electrons. The van der Waals surface area contributed by atoms with Crippen LogP contribution in [0.15, 0.2) is 48.5 Å². The molecule has 2 aromatic carbocycles. The van der Waals surface area contributed by atoms with Crippen LogP contribution in [0, 0.1) is 5.82 Å². The Hall–Kier alpha value is -2.33. The molecule has 1 heterocycles. The standard InChI is InChI=1S/C19H17ClFNO2/c1-24-16-5-2-13(3-6-16)14-8-10-22(11-9-14)19(23)17-7-4-15(20)12-18(17)21/h2-8,12H,9-11H2,1H3. The highest BCUT2D eigenvalue weighted by atomic mass is 35.5. The van der Waals surface area contributed by atoms with Crippen LogP contribution in [-0.2, 0) is 0 Å². The van der Waals surface area contributed by atoms with Crippen LogP contribution < -0.4 is 4.74 Å². The van der Waals surface area contributed by atoms with Crippen molar-refractivity contribution in [3.63, 3.8) is 0 Å². The van der Waals surface area contributed by atoms with Gasteiger partial charge in [-0.25, -0.2) is 4.39 Å². The third-order valence-corrected chi connectivity index (χ3v) is 4.35. The summed E-state index contributed by atoms with van der Waals surface area (Å²) in [5.41, 5.74) is 2.35. The summed E-state index contributed by atoms with van der Waals surface area (Å²) in [7, 11) is 1.63. The van der Waals surface area contributed by atoms with Crippen molar-refractivity contribution in [2.45, 2.75) is 6.42 Å². The molecule has 3 nitrogen and oxygen atoms in total. The van der Waals surface area contributed by atoms with E-state index in [-0.39, 0.29) is 16.5 Å². The lowest BCUT2D eigenvalue weighted by atomic mass is 9.99. The number of hydrogen-bond donors (Lipinski definition) is 0. The van der Waals surface area contributed by atoms with Crippen molar-refractivity contribution >= 4 is 23.1 Å². The van der Waals surface area contributed by atoms with Gasteiger partial charge in [0.25, 0.3) is 5.91 Å². The highest BCUT2D eigenvalue weighted by molar-refractivity contribution is 6.30. The molecule has 2 aromatic rings. The lowest BCUT2D eigenvalue weighted by Crippen LogP contribution is -2.35. The predicted molar refractivity (Wildman–Crippen MR) is 92.9 cm³/mol. The van der Waals surface area contributed by atoms with Crippen LogP contribution in [0.4, 0.5) is 4.39 Å². The summed E-state index contributed by atoms with van der Waals surface area (Å²) in [4.78, 5) is 14.1. The second-order valence-corrected chi connectivity index (χ2v) is 6.02. The van der Waals surface area contributed by atoms with E-state index in [1.807, 2.05) is 30.3 Å². The molecule has 0 saturated heterocycles. The molecule has 1 aliphatic rings. The number of methoxy groups -OCH3 is 1. The SMILES string of the molecule is COc1ccc(C2=CCN(C(=O)c3ccc(Cl)cc3F)CC2)cc1. The first kappa shape index (κ1) is 16.5. The van der Waals surface area contributed by atoms with Crippen molar-refractivity contribution < 1.29 is 13.9 Å². The first-order valence-corrected chi connectivity index (χ1v) is 8.04. The Morgan fingerprint density at radius 1 is 1.21 bits per heavy atom. The average molecular weight is 346 g/mol. The summed E-state index contributed by atoms with van der Waals surface area (Å²) in [6.07, 6.45) is 2.74. The molecule has 1 aliphatic heterocycles. The van der Waals surface area contributed by atoms with Gasteiger partial charge in [-0.3, -0.25) is 4.79 Å². The summed E-state index contributed by atoms with van der Waals surface area (Å²) >= 11 is 5.73. The van der Waals surface area contributed by atoms with Crippen molar-refractivity contribution in [1.82, 2.24) is 4.90 Å². The van der Waals surface area contributed by atoms with E-state index in [1.54, 1.807) is 12.0 Å². The number of hydrogen-bond acceptors (Lipinski definition) is 2. The molecule has 0 aromatic heterocycles. The largest absolute Gasteiger partial charge is 0.497 e. The van der Waals surface area contributed by atoms with E-state index in [2.05, 4.69) is 0 Å². The summed E-state index contributed by atoms with van der Waals surface area (Å²) in [5.74, 6) is -0.0863. The molecule has 0 fully saturated rings. The first-order chi connectivity index (χ1) is 11.6. The maximum absolute atomic E-state index is 13.9. The van der Waals surface area contributed by atoms with Crippen molar-refractivity contribution in [2.75, 3.05) is 20.2 Å². The fourth-order valence-electron chi connectivity index (χ4n) is 2.75. The van der Waals surface area contributed by atoms with E-state index in [0.29, 0.717) is 13.1 Å². The Morgan fingerprint density at radius 2 is 1.96 bits per heavy atom. The maximum Gasteiger partial charge on any atom is 0.257 e. The molecule has 0 saturated carbocycles. The quantitative estimate of drug-likeness (QED) is 0.824. The van der Waals surface area contributed by atoms with Gasteiger partial charge in [0, 0.05) is 18.1 Å². The Labute approximate surface area is 145 Å². The van der Waals surface area contributed by atoms with Crippen LogP contribution in [0.5, 0.6) is 5.75 Å². The molecule has 124 valence electrons. The average Bonchev–Trinajstić information content (AvgIpc) is 2.61. The Bertz CT molecular complexity index is 786. The van der Waals surface area contributed by atoms with Crippen LogP contribution in [0.3, 0.4) is 0 Å². The van der Waals surface area contributed by atoms with Gasteiger partial charge in [0.15, 0.2) is 0 Å². The van der Waals surface area contributed by atoms with Crippen molar-refractivity contribution in [2.24, 2.45) is 0 Å². The molecule has 0 atom stereocenters. The van der Waals surface area contributed by atoms with E-state index < -0.39 is 5.82 Å². The number of halogens is 2. The topological polar surface area (TPSA) is 29.5 Å². The van der Waals surface area contributed by atoms with Gasteiger partial charge in [0.1, 0.15) is 11.6 Å². The molecular formula is C19H17ClFNO2. The van der Waals surface area contributed by atoms with Crippen LogP contribution in [0.25, 0.3) is 5.57 Å². The van der Waals surface area contributed by atoms with Crippen LogP contribution in [0.1, 0.15) is 22.3 Å². The molecular weight excluding hydrogens is 329 g/mol. The third kappa shape index (κ3) is 3.44. The van der Waals surface area contributed by atoms with E-state index in [9.17, 15) is 9.18 Å². The number of carbonyl (C=O) groups excluding carboxylic acids is 1. The molecule has 0 spiro atoms. The highest BCUT2D eigenvalue weighted by Gasteiger charge is 2.21. The van der Waals surface area contributed by atoms with Crippen molar-refractivity contribution in [1.29, 1.82) is 0 Å². The summed E-state index contributed by atoms with van der Waals surface area (Å²) in [6.45, 7) is 1.01. The fourth-order valence-corrected chi connectivity index (χ4v) is 2.91. The van der Waals surface area contributed by atoms with E-state index in [1.165, 1.54) is 17.7 Å². The Kier molecular flexibility index (Phi) is 4.86. The summed E-state index contributed by atoms with van der Waals surface area (Å²) < 4.78 is 19.1. The second kappa shape index (κ2) is 7.05. The molecule has 1 amide bonds. The van der Waals surface area contributed by atoms with Crippen molar-refractivity contribution in [3.05, 3.63) is 70.5 Å². The number of nitrogens with zero attached hydrogens (tertiary/aromatic N) is 1. The third-order valence-electron chi connectivity index (χ3n) is 4.12. The Morgan fingerprint density at radius 3 is 2.54 bits per heavy atom. The molecule has 5 heteroatoms. The van der Waals surface area contributed by atoms with Gasteiger partial charge in [0.2, 0.25) is 0 Å². The van der Waals surface area contributed by atoms with E-state index >= 15 is 0 Å². The number of amides is 1. The molecule has 0 N–H and O–H groups in total. The lowest BCUT2D eigenvalue weighted by Gasteiger charge is -2.27.